The van der Waals surface area contributed by atoms with E-state index in [4.69, 9.17) is 0 Å². The van der Waals surface area contributed by atoms with E-state index in [1.807, 2.05) is 0 Å². The fraction of sp³-hybridized carbons (Fsp3) is 0.667. The maximum atomic E-state index is 3.53. The van der Waals surface area contributed by atoms with Gasteiger partial charge < -0.3 is 10.6 Å². The molecule has 0 saturated carbocycles. The van der Waals surface area contributed by atoms with Crippen molar-refractivity contribution in [3.63, 3.8) is 0 Å². The molecule has 114 valence electrons. The SMILES string of the molecule is CC(C)CNCCc1ccc(CCNC(C)(C)C)cc1. The Bertz CT molecular complexity index is 360. The summed E-state index contributed by atoms with van der Waals surface area (Å²) in [5, 5.41) is 7.02. The van der Waals surface area contributed by atoms with Gasteiger partial charge in [-0.1, -0.05) is 38.1 Å². The van der Waals surface area contributed by atoms with Crippen molar-refractivity contribution in [2.45, 2.75) is 53.0 Å². The molecular formula is C18H32N2. The first-order valence-electron chi connectivity index (χ1n) is 7.90. The largest absolute Gasteiger partial charge is 0.316 e. The van der Waals surface area contributed by atoms with E-state index in [2.05, 4.69) is 69.5 Å². The van der Waals surface area contributed by atoms with Crippen molar-refractivity contribution in [2.24, 2.45) is 5.92 Å². The van der Waals surface area contributed by atoms with Crippen LogP contribution >= 0.6 is 0 Å². The van der Waals surface area contributed by atoms with E-state index in [9.17, 15) is 0 Å². The van der Waals surface area contributed by atoms with E-state index in [1.165, 1.54) is 11.1 Å². The van der Waals surface area contributed by atoms with E-state index in [0.29, 0.717) is 0 Å². The lowest BCUT2D eigenvalue weighted by molar-refractivity contribution is 0.429. The highest BCUT2D eigenvalue weighted by Gasteiger charge is 2.07. The Morgan fingerprint density at radius 1 is 0.900 bits per heavy atom. The fourth-order valence-corrected chi connectivity index (χ4v) is 2.08. The summed E-state index contributed by atoms with van der Waals surface area (Å²) < 4.78 is 0. The van der Waals surface area contributed by atoms with E-state index < -0.39 is 0 Å². The van der Waals surface area contributed by atoms with Crippen LogP contribution in [-0.4, -0.2) is 25.2 Å². The Morgan fingerprint density at radius 2 is 1.40 bits per heavy atom. The summed E-state index contributed by atoms with van der Waals surface area (Å²) in [6.07, 6.45) is 2.22. The van der Waals surface area contributed by atoms with Crippen molar-refractivity contribution in [2.75, 3.05) is 19.6 Å². The van der Waals surface area contributed by atoms with Gasteiger partial charge in [0.25, 0.3) is 0 Å². The van der Waals surface area contributed by atoms with Crippen LogP contribution in [0.2, 0.25) is 0 Å². The molecule has 2 N–H and O–H groups in total. The predicted octanol–water partition coefficient (Wildman–Crippen LogP) is 3.41. The maximum absolute atomic E-state index is 3.53. The Hall–Kier alpha value is -0.860. The molecule has 2 heteroatoms. The van der Waals surface area contributed by atoms with Crippen LogP contribution in [0.4, 0.5) is 0 Å². The van der Waals surface area contributed by atoms with Crippen molar-refractivity contribution >= 4 is 0 Å². The lowest BCUT2D eigenvalue weighted by Gasteiger charge is -2.20. The fourth-order valence-electron chi connectivity index (χ4n) is 2.08. The molecule has 0 aliphatic rings. The first-order chi connectivity index (χ1) is 9.37. The number of rotatable bonds is 8. The first-order valence-corrected chi connectivity index (χ1v) is 7.90. The lowest BCUT2D eigenvalue weighted by atomic mass is 10.1. The van der Waals surface area contributed by atoms with Gasteiger partial charge in [0.2, 0.25) is 0 Å². The molecule has 1 aromatic rings. The molecule has 0 fully saturated rings. The average molecular weight is 276 g/mol. The van der Waals surface area contributed by atoms with Crippen molar-refractivity contribution in [1.29, 1.82) is 0 Å². The Morgan fingerprint density at radius 3 is 1.85 bits per heavy atom. The topological polar surface area (TPSA) is 24.1 Å². The number of hydrogen-bond acceptors (Lipinski definition) is 2. The van der Waals surface area contributed by atoms with Gasteiger partial charge in [0, 0.05) is 5.54 Å². The molecule has 0 saturated heterocycles. The number of nitrogens with one attached hydrogen (secondary N) is 2. The smallest absolute Gasteiger partial charge is 0.00966 e. The molecular weight excluding hydrogens is 244 g/mol. The van der Waals surface area contributed by atoms with Crippen molar-refractivity contribution in [3.05, 3.63) is 35.4 Å². The zero-order valence-corrected chi connectivity index (χ0v) is 13.9. The second kappa shape index (κ2) is 8.43. The second-order valence-electron chi connectivity index (χ2n) is 7.09. The van der Waals surface area contributed by atoms with Crippen LogP contribution in [0.15, 0.2) is 24.3 Å². The maximum Gasteiger partial charge on any atom is 0.00966 e. The van der Waals surface area contributed by atoms with Crippen LogP contribution in [0.25, 0.3) is 0 Å². The normalized spacial score (nSPS) is 12.1. The summed E-state index contributed by atoms with van der Waals surface area (Å²) in [5.74, 6) is 0.729. The van der Waals surface area contributed by atoms with Gasteiger partial charge in [0.15, 0.2) is 0 Å². The minimum Gasteiger partial charge on any atom is -0.316 e. The minimum atomic E-state index is 0.210. The van der Waals surface area contributed by atoms with Crippen molar-refractivity contribution in [1.82, 2.24) is 10.6 Å². The molecule has 0 heterocycles. The van der Waals surface area contributed by atoms with Gasteiger partial charge in [-0.3, -0.25) is 0 Å². The Balaban J connectivity index is 2.26. The second-order valence-corrected chi connectivity index (χ2v) is 7.09. The molecule has 0 aliphatic carbocycles. The van der Waals surface area contributed by atoms with E-state index in [1.54, 1.807) is 0 Å². The molecule has 0 aromatic heterocycles. The van der Waals surface area contributed by atoms with Crippen LogP contribution in [-0.2, 0) is 12.8 Å². The molecule has 0 unspecified atom stereocenters. The highest BCUT2D eigenvalue weighted by molar-refractivity contribution is 5.23. The van der Waals surface area contributed by atoms with Gasteiger partial charge in [-0.25, -0.2) is 0 Å². The quantitative estimate of drug-likeness (QED) is 0.711. The zero-order chi connectivity index (χ0) is 15.0. The van der Waals surface area contributed by atoms with Crippen molar-refractivity contribution in [3.8, 4) is 0 Å². The molecule has 0 atom stereocenters. The van der Waals surface area contributed by atoms with E-state index >= 15 is 0 Å². The summed E-state index contributed by atoms with van der Waals surface area (Å²) in [6, 6.07) is 9.07. The highest BCUT2D eigenvalue weighted by Crippen LogP contribution is 2.06. The van der Waals surface area contributed by atoms with Gasteiger partial charge in [0.05, 0.1) is 0 Å². The van der Waals surface area contributed by atoms with Crippen LogP contribution in [0.1, 0.15) is 45.7 Å². The third-order valence-corrected chi connectivity index (χ3v) is 3.24. The molecule has 0 spiro atoms. The Labute approximate surface area is 125 Å². The zero-order valence-electron chi connectivity index (χ0n) is 13.9. The molecule has 20 heavy (non-hydrogen) atoms. The molecule has 0 aliphatic heterocycles. The molecule has 2 nitrogen and oxygen atoms in total. The predicted molar refractivity (Wildman–Crippen MR) is 89.3 cm³/mol. The van der Waals surface area contributed by atoms with Crippen molar-refractivity contribution < 1.29 is 0 Å². The van der Waals surface area contributed by atoms with Crippen LogP contribution in [0, 0.1) is 5.92 Å². The third-order valence-electron chi connectivity index (χ3n) is 3.24. The summed E-state index contributed by atoms with van der Waals surface area (Å²) in [4.78, 5) is 0. The summed E-state index contributed by atoms with van der Waals surface area (Å²) >= 11 is 0. The van der Waals surface area contributed by atoms with Gasteiger partial charge in [0.1, 0.15) is 0 Å². The molecule has 0 radical (unpaired) electrons. The number of benzene rings is 1. The van der Waals surface area contributed by atoms with Gasteiger partial charge in [-0.15, -0.1) is 0 Å². The van der Waals surface area contributed by atoms with Gasteiger partial charge in [-0.2, -0.15) is 0 Å². The van der Waals surface area contributed by atoms with Gasteiger partial charge in [-0.05, 0) is 70.3 Å². The van der Waals surface area contributed by atoms with Crippen LogP contribution < -0.4 is 10.6 Å². The standard InChI is InChI=1S/C18H32N2/c1-15(2)14-19-12-10-16-6-8-17(9-7-16)11-13-20-18(3,4)5/h6-9,15,19-20H,10-14H2,1-5H3. The summed E-state index contributed by atoms with van der Waals surface area (Å²) in [7, 11) is 0. The van der Waals surface area contributed by atoms with E-state index in [-0.39, 0.29) is 5.54 Å². The number of hydrogen-bond donors (Lipinski definition) is 2. The molecule has 1 aromatic carbocycles. The van der Waals surface area contributed by atoms with Crippen LogP contribution in [0.5, 0.6) is 0 Å². The van der Waals surface area contributed by atoms with E-state index in [0.717, 1.165) is 38.4 Å². The molecule has 0 amide bonds. The minimum absolute atomic E-state index is 0.210. The molecule has 0 bridgehead atoms. The lowest BCUT2D eigenvalue weighted by Crippen LogP contribution is -2.37. The summed E-state index contributed by atoms with van der Waals surface area (Å²) in [5.41, 5.74) is 3.05. The van der Waals surface area contributed by atoms with Gasteiger partial charge >= 0.3 is 0 Å². The monoisotopic (exact) mass is 276 g/mol. The Kier molecular flexibility index (Phi) is 7.25. The highest BCUT2D eigenvalue weighted by atomic mass is 14.9. The first kappa shape index (κ1) is 17.2. The third kappa shape index (κ3) is 8.34. The average Bonchev–Trinajstić information content (AvgIpc) is 2.34. The van der Waals surface area contributed by atoms with Crippen LogP contribution in [0.3, 0.4) is 0 Å². The molecule has 1 rings (SSSR count). The summed E-state index contributed by atoms with van der Waals surface area (Å²) in [6.45, 7) is 14.3.